The Balaban J connectivity index is 2.04. The number of H-pyrrole nitrogens is 1. The fraction of sp³-hybridized carbons (Fsp3) is 0.0588. The van der Waals surface area contributed by atoms with Gasteiger partial charge in [0.25, 0.3) is 0 Å². The van der Waals surface area contributed by atoms with Crippen LogP contribution in [-0.4, -0.2) is 10.1 Å². The van der Waals surface area contributed by atoms with E-state index in [9.17, 15) is 5.11 Å². The van der Waals surface area contributed by atoms with Crippen molar-refractivity contribution < 1.29 is 5.11 Å². The summed E-state index contributed by atoms with van der Waals surface area (Å²) in [4.78, 5) is 3.02. The molecule has 2 aromatic carbocycles. The highest BCUT2D eigenvalue weighted by Gasteiger charge is 2.12. The van der Waals surface area contributed by atoms with Gasteiger partial charge in [0.2, 0.25) is 0 Å². The number of aromatic amines is 1. The number of azo groups is 1. The molecule has 0 spiro atoms. The van der Waals surface area contributed by atoms with Crippen LogP contribution in [-0.2, 0) is 0 Å². The van der Waals surface area contributed by atoms with Crippen LogP contribution in [0.2, 0.25) is 0 Å². The number of aromatic nitrogens is 1. The maximum atomic E-state index is 10.2. The van der Waals surface area contributed by atoms with E-state index in [-0.39, 0.29) is 5.88 Å². The topological polar surface area (TPSA) is 60.7 Å². The second-order valence-electron chi connectivity index (χ2n) is 5.14. The first kappa shape index (κ1) is 11.9. The molecule has 1 aromatic heterocycles. The summed E-state index contributed by atoms with van der Waals surface area (Å²) in [6.45, 7) is 2.01. The smallest absolute Gasteiger partial charge is 0.197 e. The van der Waals surface area contributed by atoms with E-state index in [4.69, 9.17) is 0 Å². The van der Waals surface area contributed by atoms with Crippen LogP contribution in [0.5, 0.6) is 5.88 Å². The molecule has 21 heavy (non-hydrogen) atoms. The quantitative estimate of drug-likeness (QED) is 0.704. The lowest BCUT2D eigenvalue weighted by Crippen LogP contribution is -2.09. The molecule has 0 aliphatic carbocycles. The van der Waals surface area contributed by atoms with E-state index in [2.05, 4.69) is 15.2 Å². The SMILES string of the molecule is CC(c1c(O)[nH]c2ccccc12)=c1ccc2c(c1)N=NC=2. The summed E-state index contributed by atoms with van der Waals surface area (Å²) < 4.78 is 0. The van der Waals surface area contributed by atoms with Crippen molar-refractivity contribution in [3.63, 3.8) is 0 Å². The van der Waals surface area contributed by atoms with E-state index in [1.807, 2.05) is 49.4 Å². The summed E-state index contributed by atoms with van der Waals surface area (Å²) in [5.41, 5.74) is 3.64. The van der Waals surface area contributed by atoms with Gasteiger partial charge in [-0.15, -0.1) is 0 Å². The third-order valence-corrected chi connectivity index (χ3v) is 3.89. The predicted molar refractivity (Wildman–Crippen MR) is 82.8 cm³/mol. The highest BCUT2D eigenvalue weighted by molar-refractivity contribution is 5.95. The molecule has 4 heteroatoms. The molecule has 1 aliphatic rings. The Morgan fingerprint density at radius 2 is 2.00 bits per heavy atom. The summed E-state index contributed by atoms with van der Waals surface area (Å²) in [5.74, 6) is 0.197. The van der Waals surface area contributed by atoms with Gasteiger partial charge in [-0.05, 0) is 29.8 Å². The number of fused-ring (bicyclic) bond motifs is 2. The van der Waals surface area contributed by atoms with Crippen molar-refractivity contribution in [3.05, 3.63) is 58.5 Å². The van der Waals surface area contributed by atoms with E-state index in [0.717, 1.165) is 38.2 Å². The minimum absolute atomic E-state index is 0.197. The minimum atomic E-state index is 0.197. The minimum Gasteiger partial charge on any atom is -0.494 e. The average Bonchev–Trinajstić information content (AvgIpc) is 3.08. The lowest BCUT2D eigenvalue weighted by molar-refractivity contribution is 0.457. The van der Waals surface area contributed by atoms with Crippen molar-refractivity contribution in [1.29, 1.82) is 0 Å². The van der Waals surface area contributed by atoms with Gasteiger partial charge in [-0.3, -0.25) is 0 Å². The van der Waals surface area contributed by atoms with E-state index in [0.29, 0.717) is 0 Å². The van der Waals surface area contributed by atoms with Gasteiger partial charge < -0.3 is 10.1 Å². The van der Waals surface area contributed by atoms with Crippen LogP contribution in [0.3, 0.4) is 0 Å². The summed E-state index contributed by atoms with van der Waals surface area (Å²) in [6, 6.07) is 13.9. The zero-order valence-corrected chi connectivity index (χ0v) is 11.5. The number of aromatic hydroxyl groups is 1. The van der Waals surface area contributed by atoms with Crippen molar-refractivity contribution in [3.8, 4) is 5.88 Å². The van der Waals surface area contributed by atoms with Crippen LogP contribution in [0.1, 0.15) is 12.5 Å². The molecule has 0 saturated heterocycles. The zero-order valence-electron chi connectivity index (χ0n) is 11.5. The monoisotopic (exact) mass is 275 g/mol. The molecular formula is C17H13N3O. The molecule has 4 rings (SSSR count). The van der Waals surface area contributed by atoms with Crippen LogP contribution in [0.15, 0.2) is 52.7 Å². The first-order valence-electron chi connectivity index (χ1n) is 6.76. The van der Waals surface area contributed by atoms with Gasteiger partial charge >= 0.3 is 0 Å². The lowest BCUT2D eigenvalue weighted by Gasteiger charge is -2.02. The van der Waals surface area contributed by atoms with Crippen LogP contribution >= 0.6 is 0 Å². The molecule has 0 unspecified atom stereocenters. The molecule has 0 saturated carbocycles. The highest BCUT2D eigenvalue weighted by Crippen LogP contribution is 2.31. The van der Waals surface area contributed by atoms with Crippen LogP contribution in [0.25, 0.3) is 22.7 Å². The van der Waals surface area contributed by atoms with Crippen molar-refractivity contribution in [1.82, 2.24) is 4.98 Å². The Bertz CT molecular complexity index is 1010. The number of rotatable bonds is 1. The lowest BCUT2D eigenvalue weighted by atomic mass is 10.0. The Kier molecular flexibility index (Phi) is 2.44. The first-order valence-corrected chi connectivity index (χ1v) is 6.76. The van der Waals surface area contributed by atoms with E-state index in [1.54, 1.807) is 6.20 Å². The summed E-state index contributed by atoms with van der Waals surface area (Å²) in [5, 5.41) is 21.3. The van der Waals surface area contributed by atoms with Gasteiger partial charge in [0, 0.05) is 21.7 Å². The third kappa shape index (κ3) is 1.76. The molecule has 0 fully saturated rings. The molecule has 2 N–H and O–H groups in total. The maximum Gasteiger partial charge on any atom is 0.197 e. The number of hydrogen-bond donors (Lipinski definition) is 2. The Morgan fingerprint density at radius 3 is 2.90 bits per heavy atom. The van der Waals surface area contributed by atoms with Crippen molar-refractivity contribution in [2.45, 2.75) is 6.92 Å². The van der Waals surface area contributed by atoms with E-state index >= 15 is 0 Å². The Labute approximate surface area is 120 Å². The number of benzene rings is 2. The second kappa shape index (κ2) is 4.31. The largest absolute Gasteiger partial charge is 0.494 e. The van der Waals surface area contributed by atoms with Crippen molar-refractivity contribution in [2.75, 3.05) is 0 Å². The highest BCUT2D eigenvalue weighted by atomic mass is 16.3. The summed E-state index contributed by atoms with van der Waals surface area (Å²) in [6.07, 6.45) is 1.75. The van der Waals surface area contributed by atoms with Crippen molar-refractivity contribution in [2.24, 2.45) is 10.2 Å². The summed E-state index contributed by atoms with van der Waals surface area (Å²) in [7, 11) is 0. The van der Waals surface area contributed by atoms with Crippen LogP contribution < -0.4 is 10.4 Å². The molecule has 102 valence electrons. The average molecular weight is 275 g/mol. The number of nitrogens with zero attached hydrogens (tertiary/aromatic N) is 2. The van der Waals surface area contributed by atoms with Crippen LogP contribution in [0, 0.1) is 0 Å². The van der Waals surface area contributed by atoms with E-state index in [1.165, 1.54) is 0 Å². The Morgan fingerprint density at radius 1 is 1.14 bits per heavy atom. The molecule has 0 amide bonds. The normalized spacial score (nSPS) is 14.1. The van der Waals surface area contributed by atoms with Gasteiger partial charge in [-0.1, -0.05) is 30.3 Å². The number of nitrogens with one attached hydrogen (secondary N) is 1. The van der Waals surface area contributed by atoms with Gasteiger partial charge in [-0.2, -0.15) is 10.2 Å². The molecule has 3 aromatic rings. The van der Waals surface area contributed by atoms with Gasteiger partial charge in [0.05, 0.1) is 11.9 Å². The zero-order chi connectivity index (χ0) is 14.4. The molecule has 0 radical (unpaired) electrons. The standard InChI is InChI=1S/C17H13N3O/c1-10(11-6-7-12-9-18-20-15(12)8-11)16-13-4-2-3-5-14(13)19-17(16)21/h2-9,19,21H,1H3. The molecule has 2 heterocycles. The second-order valence-corrected chi connectivity index (χ2v) is 5.14. The number of hydrogen-bond acceptors (Lipinski definition) is 3. The molecule has 0 bridgehead atoms. The molecular weight excluding hydrogens is 262 g/mol. The van der Waals surface area contributed by atoms with Crippen LogP contribution in [0.4, 0.5) is 5.69 Å². The van der Waals surface area contributed by atoms with E-state index < -0.39 is 0 Å². The molecule has 1 aliphatic heterocycles. The van der Waals surface area contributed by atoms with Gasteiger partial charge in [-0.25, -0.2) is 0 Å². The fourth-order valence-corrected chi connectivity index (χ4v) is 2.78. The van der Waals surface area contributed by atoms with Crippen molar-refractivity contribution >= 4 is 28.4 Å². The third-order valence-electron chi connectivity index (χ3n) is 3.89. The van der Waals surface area contributed by atoms with Gasteiger partial charge in [0.15, 0.2) is 5.88 Å². The summed E-state index contributed by atoms with van der Waals surface area (Å²) >= 11 is 0. The number of para-hydroxylation sites is 1. The first-order chi connectivity index (χ1) is 10.2. The predicted octanol–water partition coefficient (Wildman–Crippen LogP) is 2.93. The molecule has 4 nitrogen and oxygen atoms in total. The maximum absolute atomic E-state index is 10.2. The fourth-order valence-electron chi connectivity index (χ4n) is 2.78. The van der Waals surface area contributed by atoms with Gasteiger partial charge in [0.1, 0.15) is 0 Å². The Hall–Kier alpha value is -2.88. The molecule has 0 atom stereocenters.